The van der Waals surface area contributed by atoms with Crippen LogP contribution in [0.3, 0.4) is 0 Å². The average Bonchev–Trinajstić information content (AvgIpc) is 2.79. The summed E-state index contributed by atoms with van der Waals surface area (Å²) in [6.07, 6.45) is 1.63. The molecule has 1 aliphatic heterocycles. The number of anilines is 1. The van der Waals surface area contributed by atoms with Crippen molar-refractivity contribution in [3.8, 4) is 11.5 Å². The normalized spacial score (nSPS) is 14.8. The molecule has 1 heterocycles. The van der Waals surface area contributed by atoms with Gasteiger partial charge in [0.1, 0.15) is 11.5 Å². The molecular weight excluding hydrogens is 302 g/mol. The lowest BCUT2D eigenvalue weighted by molar-refractivity contribution is -0.110. The van der Waals surface area contributed by atoms with Gasteiger partial charge >= 0.3 is 0 Å². The van der Waals surface area contributed by atoms with E-state index in [1.54, 1.807) is 42.5 Å². The zero-order chi connectivity index (χ0) is 15.7. The van der Waals surface area contributed by atoms with Crippen LogP contribution in [0.4, 0.5) is 5.69 Å². The molecule has 4 nitrogen and oxygen atoms in total. The van der Waals surface area contributed by atoms with Crippen LogP contribution < -0.4 is 10.1 Å². The minimum Gasteiger partial charge on any atom is -0.507 e. The van der Waals surface area contributed by atoms with Crippen molar-refractivity contribution in [3.05, 3.63) is 52.5 Å². The number of hydrogen-bond donors (Lipinski definition) is 2. The van der Waals surface area contributed by atoms with E-state index in [0.717, 1.165) is 5.56 Å². The number of benzene rings is 2. The van der Waals surface area contributed by atoms with E-state index in [9.17, 15) is 9.90 Å². The molecule has 22 heavy (non-hydrogen) atoms. The molecule has 112 valence electrons. The van der Waals surface area contributed by atoms with E-state index < -0.39 is 0 Å². The fourth-order valence-electron chi connectivity index (χ4n) is 2.36. The number of fused-ring (bicyclic) bond motifs is 1. The third-order valence-corrected chi connectivity index (χ3v) is 3.61. The van der Waals surface area contributed by atoms with Gasteiger partial charge in [-0.15, -0.1) is 0 Å². The van der Waals surface area contributed by atoms with Crippen molar-refractivity contribution in [2.45, 2.75) is 6.92 Å². The van der Waals surface area contributed by atoms with Gasteiger partial charge in [0.25, 0.3) is 5.91 Å². The summed E-state index contributed by atoms with van der Waals surface area (Å²) in [5.74, 6) is 0.495. The number of halogens is 1. The second-order valence-electron chi connectivity index (χ2n) is 4.86. The number of nitrogens with one attached hydrogen (secondary N) is 1. The molecule has 0 aliphatic carbocycles. The predicted octanol–water partition coefficient (Wildman–Crippen LogP) is 3.94. The maximum Gasteiger partial charge on any atom is 0.256 e. The van der Waals surface area contributed by atoms with Crippen molar-refractivity contribution in [2.24, 2.45) is 0 Å². The first-order valence-corrected chi connectivity index (χ1v) is 7.25. The van der Waals surface area contributed by atoms with Crippen LogP contribution in [-0.2, 0) is 4.79 Å². The third-order valence-electron chi connectivity index (χ3n) is 3.37. The van der Waals surface area contributed by atoms with Crippen LogP contribution in [0.2, 0.25) is 5.02 Å². The Morgan fingerprint density at radius 2 is 2.09 bits per heavy atom. The molecule has 2 aromatic carbocycles. The van der Waals surface area contributed by atoms with Crippen LogP contribution in [0.25, 0.3) is 11.6 Å². The van der Waals surface area contributed by atoms with E-state index in [4.69, 9.17) is 16.3 Å². The highest BCUT2D eigenvalue weighted by atomic mass is 35.5. The highest BCUT2D eigenvalue weighted by Gasteiger charge is 2.24. The molecule has 3 rings (SSSR count). The second-order valence-corrected chi connectivity index (χ2v) is 5.29. The molecule has 5 heteroatoms. The molecule has 2 N–H and O–H groups in total. The Morgan fingerprint density at radius 3 is 2.86 bits per heavy atom. The lowest BCUT2D eigenvalue weighted by Crippen LogP contribution is -2.03. The van der Waals surface area contributed by atoms with E-state index in [0.29, 0.717) is 34.2 Å². The number of carbonyl (C=O) groups is 1. The predicted molar refractivity (Wildman–Crippen MR) is 87.2 cm³/mol. The first-order chi connectivity index (χ1) is 10.6. The molecule has 0 unspecified atom stereocenters. The van der Waals surface area contributed by atoms with Gasteiger partial charge in [0, 0.05) is 27.4 Å². The first-order valence-electron chi connectivity index (χ1n) is 6.87. The standard InChI is InChI=1S/C17H14ClNO3/c1-2-22-12-4-6-16(20)10(7-12)8-14-13-9-11(18)3-5-15(13)19-17(14)21/h3-9,20H,2H2,1H3,(H,19,21)/b14-8-. The van der Waals surface area contributed by atoms with Crippen LogP contribution in [0.1, 0.15) is 18.1 Å². The number of phenols is 1. The van der Waals surface area contributed by atoms with E-state index in [1.807, 2.05) is 6.92 Å². The number of amides is 1. The zero-order valence-corrected chi connectivity index (χ0v) is 12.6. The zero-order valence-electron chi connectivity index (χ0n) is 11.9. The van der Waals surface area contributed by atoms with Gasteiger partial charge in [-0.25, -0.2) is 0 Å². The minimum atomic E-state index is -0.224. The Bertz CT molecular complexity index is 783. The Balaban J connectivity index is 2.08. The van der Waals surface area contributed by atoms with Gasteiger partial charge in [0.15, 0.2) is 0 Å². The van der Waals surface area contributed by atoms with Crippen molar-refractivity contribution in [3.63, 3.8) is 0 Å². The Labute approximate surface area is 133 Å². The summed E-state index contributed by atoms with van der Waals surface area (Å²) in [5.41, 5.74) is 2.41. The van der Waals surface area contributed by atoms with Gasteiger partial charge in [-0.2, -0.15) is 0 Å². The smallest absolute Gasteiger partial charge is 0.256 e. The maximum absolute atomic E-state index is 12.1. The monoisotopic (exact) mass is 315 g/mol. The Hall–Kier alpha value is -2.46. The SMILES string of the molecule is CCOc1ccc(O)c(/C=C2\C(=O)Nc3ccc(Cl)cc32)c1. The van der Waals surface area contributed by atoms with E-state index in [2.05, 4.69) is 5.32 Å². The summed E-state index contributed by atoms with van der Waals surface area (Å²) in [5, 5.41) is 13.3. The van der Waals surface area contributed by atoms with Crippen LogP contribution in [-0.4, -0.2) is 17.6 Å². The molecular formula is C17H14ClNO3. The molecule has 0 aromatic heterocycles. The van der Waals surface area contributed by atoms with Crippen LogP contribution in [0.5, 0.6) is 11.5 Å². The first kappa shape index (κ1) is 14.5. The Morgan fingerprint density at radius 1 is 1.27 bits per heavy atom. The van der Waals surface area contributed by atoms with Crippen LogP contribution >= 0.6 is 11.6 Å². The van der Waals surface area contributed by atoms with Crippen molar-refractivity contribution < 1.29 is 14.6 Å². The third kappa shape index (κ3) is 2.65. The summed E-state index contributed by atoms with van der Waals surface area (Å²) in [6.45, 7) is 2.41. The average molecular weight is 316 g/mol. The summed E-state index contributed by atoms with van der Waals surface area (Å²) < 4.78 is 5.42. The second kappa shape index (κ2) is 5.73. The van der Waals surface area contributed by atoms with Crippen molar-refractivity contribution >= 4 is 34.8 Å². The van der Waals surface area contributed by atoms with Gasteiger partial charge in [0.2, 0.25) is 0 Å². The number of rotatable bonds is 3. The molecule has 0 saturated carbocycles. The van der Waals surface area contributed by atoms with E-state index >= 15 is 0 Å². The highest BCUT2D eigenvalue weighted by molar-refractivity contribution is 6.36. The molecule has 0 atom stereocenters. The van der Waals surface area contributed by atoms with Crippen molar-refractivity contribution in [2.75, 3.05) is 11.9 Å². The fraction of sp³-hybridized carbons (Fsp3) is 0.118. The summed E-state index contributed by atoms with van der Waals surface area (Å²) >= 11 is 6.00. The topological polar surface area (TPSA) is 58.6 Å². The number of carbonyl (C=O) groups excluding carboxylic acids is 1. The van der Waals surface area contributed by atoms with Crippen LogP contribution in [0, 0.1) is 0 Å². The molecule has 1 amide bonds. The summed E-state index contributed by atoms with van der Waals surface area (Å²) in [6, 6.07) is 10.1. The summed E-state index contributed by atoms with van der Waals surface area (Å²) in [7, 11) is 0. The molecule has 0 bridgehead atoms. The van der Waals surface area contributed by atoms with E-state index in [-0.39, 0.29) is 11.7 Å². The van der Waals surface area contributed by atoms with Gasteiger partial charge in [-0.1, -0.05) is 11.6 Å². The number of hydrogen-bond acceptors (Lipinski definition) is 3. The number of phenolic OH excluding ortho intramolecular Hbond substituents is 1. The summed E-state index contributed by atoms with van der Waals surface area (Å²) in [4.78, 5) is 12.1. The molecule has 0 fully saturated rings. The molecule has 0 spiro atoms. The molecule has 0 radical (unpaired) electrons. The largest absolute Gasteiger partial charge is 0.507 e. The maximum atomic E-state index is 12.1. The lowest BCUT2D eigenvalue weighted by atomic mass is 10.0. The fourth-order valence-corrected chi connectivity index (χ4v) is 2.54. The van der Waals surface area contributed by atoms with Gasteiger partial charge in [-0.3, -0.25) is 4.79 Å². The highest BCUT2D eigenvalue weighted by Crippen LogP contribution is 2.36. The van der Waals surface area contributed by atoms with Gasteiger partial charge in [0.05, 0.1) is 6.61 Å². The number of ether oxygens (including phenoxy) is 1. The Kier molecular flexibility index (Phi) is 3.77. The molecule has 2 aromatic rings. The van der Waals surface area contributed by atoms with E-state index in [1.165, 1.54) is 0 Å². The lowest BCUT2D eigenvalue weighted by Gasteiger charge is -2.06. The molecule has 0 saturated heterocycles. The number of aromatic hydroxyl groups is 1. The molecule has 1 aliphatic rings. The van der Waals surface area contributed by atoms with Gasteiger partial charge in [-0.05, 0) is 49.4 Å². The van der Waals surface area contributed by atoms with Crippen LogP contribution in [0.15, 0.2) is 36.4 Å². The van der Waals surface area contributed by atoms with Gasteiger partial charge < -0.3 is 15.2 Å². The minimum absolute atomic E-state index is 0.0826. The van der Waals surface area contributed by atoms with Crippen molar-refractivity contribution in [1.29, 1.82) is 0 Å². The van der Waals surface area contributed by atoms with Crippen molar-refractivity contribution in [1.82, 2.24) is 0 Å². The quantitative estimate of drug-likeness (QED) is 0.844.